The van der Waals surface area contributed by atoms with E-state index in [0.29, 0.717) is 18.0 Å². The number of hydrogen-bond acceptors (Lipinski definition) is 3. The molecular formula is C14H22ClN3O2S. The molecule has 1 aliphatic heterocycles. The molecule has 0 amide bonds. The van der Waals surface area contributed by atoms with Crippen LogP contribution in [-0.4, -0.2) is 35.5 Å². The van der Waals surface area contributed by atoms with Crippen molar-refractivity contribution in [3.05, 3.63) is 11.3 Å². The molecule has 1 aliphatic carbocycles. The lowest BCUT2D eigenvalue weighted by Crippen LogP contribution is -2.49. The van der Waals surface area contributed by atoms with Crippen LogP contribution in [0.5, 0.6) is 0 Å². The van der Waals surface area contributed by atoms with Crippen LogP contribution in [0.2, 0.25) is 0 Å². The van der Waals surface area contributed by atoms with Gasteiger partial charge < -0.3 is 0 Å². The Balaban J connectivity index is 1.96. The van der Waals surface area contributed by atoms with E-state index in [4.69, 9.17) is 11.6 Å². The molecule has 2 fully saturated rings. The van der Waals surface area contributed by atoms with Gasteiger partial charge in [-0.25, -0.2) is 8.42 Å². The summed E-state index contributed by atoms with van der Waals surface area (Å²) in [6.45, 7) is 2.42. The minimum Gasteiger partial charge on any atom is -0.281 e. The van der Waals surface area contributed by atoms with E-state index in [1.807, 2.05) is 6.92 Å². The molecule has 1 saturated heterocycles. The molecule has 0 spiro atoms. The van der Waals surface area contributed by atoms with Gasteiger partial charge in [0.25, 0.3) is 10.0 Å². The fourth-order valence-corrected chi connectivity index (χ4v) is 6.12. The third kappa shape index (κ3) is 2.62. The number of hydrogen-bond donors (Lipinski definition) is 1. The molecule has 7 heteroatoms. The zero-order valence-corrected chi connectivity index (χ0v) is 13.9. The van der Waals surface area contributed by atoms with Crippen LogP contribution in [0.15, 0.2) is 5.03 Å². The van der Waals surface area contributed by atoms with Crippen molar-refractivity contribution < 1.29 is 8.42 Å². The SMILES string of the molecule is Cc1[nH]nc(S(=O)(=O)N2CCCC3CCCCC32)c1CCl. The zero-order valence-electron chi connectivity index (χ0n) is 12.3. The number of nitrogens with zero attached hydrogens (tertiary/aromatic N) is 2. The van der Waals surface area contributed by atoms with Gasteiger partial charge >= 0.3 is 0 Å². The van der Waals surface area contributed by atoms with Gasteiger partial charge in [0, 0.05) is 23.8 Å². The predicted molar refractivity (Wildman–Crippen MR) is 81.8 cm³/mol. The van der Waals surface area contributed by atoms with E-state index < -0.39 is 10.0 Å². The highest BCUT2D eigenvalue weighted by Crippen LogP contribution is 2.38. The number of aromatic nitrogens is 2. The van der Waals surface area contributed by atoms with E-state index in [1.54, 1.807) is 4.31 Å². The van der Waals surface area contributed by atoms with Crippen LogP contribution >= 0.6 is 11.6 Å². The maximum Gasteiger partial charge on any atom is 0.262 e. The number of sulfonamides is 1. The molecule has 1 aromatic heterocycles. The summed E-state index contributed by atoms with van der Waals surface area (Å²) in [5, 5.41) is 6.92. The average Bonchev–Trinajstić information content (AvgIpc) is 2.88. The summed E-state index contributed by atoms with van der Waals surface area (Å²) >= 11 is 5.92. The van der Waals surface area contributed by atoms with E-state index in [9.17, 15) is 8.42 Å². The first-order chi connectivity index (χ1) is 10.1. The lowest BCUT2D eigenvalue weighted by molar-refractivity contribution is 0.129. The van der Waals surface area contributed by atoms with Gasteiger partial charge in [0.15, 0.2) is 5.03 Å². The van der Waals surface area contributed by atoms with Crippen molar-refractivity contribution in [3.8, 4) is 0 Å². The number of halogens is 1. The second-order valence-corrected chi connectivity index (χ2v) is 8.21. The molecule has 2 aliphatic rings. The van der Waals surface area contributed by atoms with Gasteiger partial charge in [-0.1, -0.05) is 12.8 Å². The van der Waals surface area contributed by atoms with Gasteiger partial charge in [0.2, 0.25) is 0 Å². The highest BCUT2D eigenvalue weighted by molar-refractivity contribution is 7.89. The van der Waals surface area contributed by atoms with Crippen molar-refractivity contribution in [1.29, 1.82) is 0 Å². The molecule has 2 unspecified atom stereocenters. The Labute approximate surface area is 131 Å². The minimum absolute atomic E-state index is 0.126. The summed E-state index contributed by atoms with van der Waals surface area (Å²) in [4.78, 5) is 0. The number of H-pyrrole nitrogens is 1. The number of nitrogens with one attached hydrogen (secondary N) is 1. The quantitative estimate of drug-likeness (QED) is 0.866. The Morgan fingerprint density at radius 2 is 2.00 bits per heavy atom. The smallest absolute Gasteiger partial charge is 0.262 e. The summed E-state index contributed by atoms with van der Waals surface area (Å²) in [5.41, 5.74) is 1.34. The second kappa shape index (κ2) is 5.89. The minimum atomic E-state index is -3.55. The molecule has 0 bridgehead atoms. The molecular weight excluding hydrogens is 310 g/mol. The highest BCUT2D eigenvalue weighted by atomic mass is 35.5. The monoisotopic (exact) mass is 331 g/mol. The van der Waals surface area contributed by atoms with Crippen molar-refractivity contribution in [3.63, 3.8) is 0 Å². The number of rotatable bonds is 3. The van der Waals surface area contributed by atoms with Crippen molar-refractivity contribution in [1.82, 2.24) is 14.5 Å². The summed E-state index contributed by atoms with van der Waals surface area (Å²) in [5.74, 6) is 0.681. The molecule has 118 valence electrons. The molecule has 3 rings (SSSR count). The van der Waals surface area contributed by atoms with Crippen LogP contribution in [0.3, 0.4) is 0 Å². The van der Waals surface area contributed by atoms with Gasteiger partial charge in [-0.05, 0) is 38.5 Å². The average molecular weight is 332 g/mol. The first-order valence-corrected chi connectivity index (χ1v) is 9.65. The molecule has 1 N–H and O–H groups in total. The standard InChI is InChI=1S/C14H22ClN3O2S/c1-10-12(9-15)14(17-16-10)21(19,20)18-8-4-6-11-5-2-3-7-13(11)18/h11,13H,2-9H2,1H3,(H,16,17). The Morgan fingerprint density at radius 3 is 2.76 bits per heavy atom. The molecule has 2 heterocycles. The molecule has 21 heavy (non-hydrogen) atoms. The van der Waals surface area contributed by atoms with Crippen molar-refractivity contribution in [2.45, 2.75) is 62.4 Å². The molecule has 0 aromatic carbocycles. The Morgan fingerprint density at radius 1 is 1.29 bits per heavy atom. The van der Waals surface area contributed by atoms with Crippen molar-refractivity contribution >= 4 is 21.6 Å². The topological polar surface area (TPSA) is 66.1 Å². The largest absolute Gasteiger partial charge is 0.281 e. The lowest BCUT2D eigenvalue weighted by Gasteiger charge is -2.42. The van der Waals surface area contributed by atoms with Gasteiger partial charge in [0.1, 0.15) is 0 Å². The van der Waals surface area contributed by atoms with E-state index in [0.717, 1.165) is 37.8 Å². The molecule has 0 radical (unpaired) electrons. The lowest BCUT2D eigenvalue weighted by atomic mass is 9.79. The maximum atomic E-state index is 13.0. The van der Waals surface area contributed by atoms with Crippen molar-refractivity contribution in [2.75, 3.05) is 6.54 Å². The Kier molecular flexibility index (Phi) is 4.30. The van der Waals surface area contributed by atoms with Crippen LogP contribution in [-0.2, 0) is 15.9 Å². The van der Waals surface area contributed by atoms with Gasteiger partial charge in [0.05, 0.1) is 5.88 Å². The molecule has 2 atom stereocenters. The van der Waals surface area contributed by atoms with Crippen molar-refractivity contribution in [2.24, 2.45) is 5.92 Å². The van der Waals surface area contributed by atoms with E-state index in [-0.39, 0.29) is 16.9 Å². The number of aryl methyl sites for hydroxylation is 1. The van der Waals surface area contributed by atoms with Gasteiger partial charge in [-0.15, -0.1) is 11.6 Å². The van der Waals surface area contributed by atoms with Gasteiger partial charge in [-0.3, -0.25) is 5.10 Å². The molecule has 1 aromatic rings. The summed E-state index contributed by atoms with van der Waals surface area (Å²) in [6.07, 6.45) is 6.57. The maximum absolute atomic E-state index is 13.0. The predicted octanol–water partition coefficient (Wildman–Crippen LogP) is 2.80. The van der Waals surface area contributed by atoms with E-state index >= 15 is 0 Å². The summed E-state index contributed by atoms with van der Waals surface area (Å²) in [6, 6.07) is 0.151. The Bertz CT molecular complexity index is 612. The molecule has 1 saturated carbocycles. The first kappa shape index (κ1) is 15.3. The van der Waals surface area contributed by atoms with Crippen LogP contribution in [0.4, 0.5) is 0 Å². The van der Waals surface area contributed by atoms with E-state index in [2.05, 4.69) is 10.2 Å². The number of aromatic amines is 1. The summed E-state index contributed by atoms with van der Waals surface area (Å²) < 4.78 is 27.7. The number of alkyl halides is 1. The van der Waals surface area contributed by atoms with E-state index in [1.165, 1.54) is 6.42 Å². The van der Waals surface area contributed by atoms with Crippen LogP contribution in [0, 0.1) is 12.8 Å². The zero-order chi connectivity index (χ0) is 15.0. The highest BCUT2D eigenvalue weighted by Gasteiger charge is 2.41. The van der Waals surface area contributed by atoms with Crippen LogP contribution in [0.25, 0.3) is 0 Å². The number of piperidine rings is 1. The number of fused-ring (bicyclic) bond motifs is 1. The third-order valence-corrected chi connectivity index (χ3v) is 7.08. The summed E-state index contributed by atoms with van der Waals surface area (Å²) in [7, 11) is -3.55. The molecule has 5 nitrogen and oxygen atoms in total. The third-order valence-electron chi connectivity index (χ3n) is 4.91. The fraction of sp³-hybridized carbons (Fsp3) is 0.786. The fourth-order valence-electron chi connectivity index (χ4n) is 3.79. The van der Waals surface area contributed by atoms with Crippen LogP contribution < -0.4 is 0 Å². The normalized spacial score (nSPS) is 27.5. The Hall–Kier alpha value is -0.590. The first-order valence-electron chi connectivity index (χ1n) is 7.67. The van der Waals surface area contributed by atoms with Gasteiger partial charge in [-0.2, -0.15) is 9.40 Å². The second-order valence-electron chi connectivity index (χ2n) is 6.14. The van der Waals surface area contributed by atoms with Crippen LogP contribution in [0.1, 0.15) is 49.8 Å².